The highest BCUT2D eigenvalue weighted by Crippen LogP contribution is 2.40. The number of ether oxygens (including phenoxy) is 1. The van der Waals surface area contributed by atoms with Crippen molar-refractivity contribution in [1.82, 2.24) is 4.90 Å². The van der Waals surface area contributed by atoms with Gasteiger partial charge in [-0.05, 0) is 37.7 Å². The Morgan fingerprint density at radius 1 is 1.42 bits per heavy atom. The molecule has 0 saturated carbocycles. The van der Waals surface area contributed by atoms with Crippen molar-refractivity contribution in [2.45, 2.75) is 40.0 Å². The van der Waals surface area contributed by atoms with E-state index in [1.165, 1.54) is 23.2 Å². The second kappa shape index (κ2) is 8.98. The average Bonchev–Trinajstić information content (AvgIpc) is 2.91. The van der Waals surface area contributed by atoms with Crippen LogP contribution < -0.4 is 5.32 Å². The van der Waals surface area contributed by atoms with E-state index in [1.54, 1.807) is 13.0 Å². The first-order valence-corrected chi connectivity index (χ1v) is 9.66. The standard InChI is InChI=1S/C19H26N2O4S/c1-5-9-21(13(4)22)11-16(23)20-18-17(19(24)25-6-2)14-8-7-12(3)10-15(14)26-18/h5,12H,1,6-11H2,2-4H3,(H,20,23). The highest BCUT2D eigenvalue weighted by molar-refractivity contribution is 7.17. The Hall–Kier alpha value is -2.15. The molecule has 0 bridgehead atoms. The van der Waals surface area contributed by atoms with Crippen molar-refractivity contribution >= 4 is 34.1 Å². The van der Waals surface area contributed by atoms with Crippen LogP contribution in [0.5, 0.6) is 0 Å². The molecule has 2 rings (SSSR count). The first kappa shape index (κ1) is 20.2. The van der Waals surface area contributed by atoms with Crippen LogP contribution in [0.1, 0.15) is 48.0 Å². The summed E-state index contributed by atoms with van der Waals surface area (Å²) in [7, 11) is 0. The number of fused-ring (bicyclic) bond motifs is 1. The number of hydrogen-bond acceptors (Lipinski definition) is 5. The second-order valence-electron chi connectivity index (χ2n) is 6.51. The fraction of sp³-hybridized carbons (Fsp3) is 0.526. The minimum atomic E-state index is -0.399. The largest absolute Gasteiger partial charge is 0.462 e. The number of hydrogen-bond donors (Lipinski definition) is 1. The Kier molecular flexibility index (Phi) is 6.97. The third-order valence-corrected chi connectivity index (χ3v) is 5.54. The van der Waals surface area contributed by atoms with Crippen LogP contribution in [0.15, 0.2) is 12.7 Å². The molecule has 0 aliphatic heterocycles. The summed E-state index contributed by atoms with van der Waals surface area (Å²) in [6.07, 6.45) is 4.30. The summed E-state index contributed by atoms with van der Waals surface area (Å²) >= 11 is 1.44. The van der Waals surface area contributed by atoms with Crippen molar-refractivity contribution in [3.05, 3.63) is 28.7 Å². The number of thiophene rings is 1. The highest BCUT2D eigenvalue weighted by Gasteiger charge is 2.29. The first-order chi connectivity index (χ1) is 12.4. The smallest absolute Gasteiger partial charge is 0.341 e. The number of carbonyl (C=O) groups is 3. The molecule has 0 fully saturated rings. The van der Waals surface area contributed by atoms with Gasteiger partial charge in [-0.1, -0.05) is 13.0 Å². The van der Waals surface area contributed by atoms with Gasteiger partial charge in [0.05, 0.1) is 12.2 Å². The molecule has 0 radical (unpaired) electrons. The van der Waals surface area contributed by atoms with E-state index in [4.69, 9.17) is 4.74 Å². The minimum Gasteiger partial charge on any atom is -0.462 e. The van der Waals surface area contributed by atoms with Crippen LogP contribution >= 0.6 is 11.3 Å². The van der Waals surface area contributed by atoms with E-state index in [0.717, 1.165) is 29.7 Å². The summed E-state index contributed by atoms with van der Waals surface area (Å²) in [6, 6.07) is 0. The molecule has 0 aromatic carbocycles. The Balaban J connectivity index is 2.24. The second-order valence-corrected chi connectivity index (χ2v) is 7.62. The number of nitrogens with one attached hydrogen (secondary N) is 1. The normalized spacial score (nSPS) is 15.7. The van der Waals surface area contributed by atoms with Crippen LogP contribution in [0.3, 0.4) is 0 Å². The molecule has 1 N–H and O–H groups in total. The molecule has 26 heavy (non-hydrogen) atoms. The highest BCUT2D eigenvalue weighted by atomic mass is 32.1. The molecule has 142 valence electrons. The van der Waals surface area contributed by atoms with Gasteiger partial charge in [-0.3, -0.25) is 9.59 Å². The van der Waals surface area contributed by atoms with Crippen LogP contribution in [-0.4, -0.2) is 42.4 Å². The number of amides is 2. The summed E-state index contributed by atoms with van der Waals surface area (Å²) < 4.78 is 5.20. The lowest BCUT2D eigenvalue weighted by atomic mass is 9.88. The fourth-order valence-corrected chi connectivity index (χ4v) is 4.47. The van der Waals surface area contributed by atoms with E-state index in [0.29, 0.717) is 23.0 Å². The maximum absolute atomic E-state index is 12.4. The lowest BCUT2D eigenvalue weighted by Crippen LogP contribution is -2.36. The van der Waals surface area contributed by atoms with Crippen LogP contribution in [0, 0.1) is 5.92 Å². The Bertz CT molecular complexity index is 711. The molecule has 1 aromatic heterocycles. The quantitative estimate of drug-likeness (QED) is 0.584. The lowest BCUT2D eigenvalue weighted by Gasteiger charge is -2.19. The summed E-state index contributed by atoms with van der Waals surface area (Å²) in [4.78, 5) is 39.0. The molecule has 0 saturated heterocycles. The zero-order valence-electron chi connectivity index (χ0n) is 15.6. The topological polar surface area (TPSA) is 75.7 Å². The van der Waals surface area contributed by atoms with E-state index in [2.05, 4.69) is 18.8 Å². The molecule has 1 unspecified atom stereocenters. The molecule has 1 aliphatic rings. The first-order valence-electron chi connectivity index (χ1n) is 8.85. The van der Waals surface area contributed by atoms with Gasteiger partial charge in [-0.15, -0.1) is 17.9 Å². The zero-order chi connectivity index (χ0) is 19.3. The van der Waals surface area contributed by atoms with Gasteiger partial charge in [0.25, 0.3) is 0 Å². The van der Waals surface area contributed by atoms with Crippen LogP contribution in [0.25, 0.3) is 0 Å². The SMILES string of the molecule is C=CCN(CC(=O)Nc1sc2c(c1C(=O)OCC)CCC(C)C2)C(C)=O. The van der Waals surface area contributed by atoms with Crippen molar-refractivity contribution in [3.8, 4) is 0 Å². The molecular formula is C19H26N2O4S. The van der Waals surface area contributed by atoms with E-state index in [-0.39, 0.29) is 25.0 Å². The third kappa shape index (κ3) is 4.72. The molecule has 6 nitrogen and oxygen atoms in total. The number of carbonyl (C=O) groups excluding carboxylic acids is 3. The number of nitrogens with zero attached hydrogens (tertiary/aromatic N) is 1. The van der Waals surface area contributed by atoms with Gasteiger partial charge in [0.15, 0.2) is 0 Å². The lowest BCUT2D eigenvalue weighted by molar-refractivity contribution is -0.132. The molecule has 1 heterocycles. The Morgan fingerprint density at radius 2 is 2.15 bits per heavy atom. The molecular weight excluding hydrogens is 352 g/mol. The fourth-order valence-electron chi connectivity index (χ4n) is 3.06. The Labute approximate surface area is 158 Å². The van der Waals surface area contributed by atoms with Crippen LogP contribution in [-0.2, 0) is 27.2 Å². The monoisotopic (exact) mass is 378 g/mol. The summed E-state index contributed by atoms with van der Waals surface area (Å²) in [5.74, 6) is -0.380. The van der Waals surface area contributed by atoms with Crippen molar-refractivity contribution in [1.29, 1.82) is 0 Å². The summed E-state index contributed by atoms with van der Waals surface area (Å²) in [5, 5.41) is 3.34. The predicted molar refractivity (Wildman–Crippen MR) is 103 cm³/mol. The van der Waals surface area contributed by atoms with Crippen molar-refractivity contribution in [3.63, 3.8) is 0 Å². The number of rotatable bonds is 7. The summed E-state index contributed by atoms with van der Waals surface area (Å²) in [5.41, 5.74) is 1.47. The van der Waals surface area contributed by atoms with Crippen molar-refractivity contribution in [2.75, 3.05) is 25.0 Å². The van der Waals surface area contributed by atoms with Crippen LogP contribution in [0.4, 0.5) is 5.00 Å². The van der Waals surface area contributed by atoms with Gasteiger partial charge < -0.3 is 15.0 Å². The maximum atomic E-state index is 12.4. The van der Waals surface area contributed by atoms with Crippen LogP contribution in [0.2, 0.25) is 0 Å². The maximum Gasteiger partial charge on any atom is 0.341 e. The number of esters is 1. The van der Waals surface area contributed by atoms with E-state index in [9.17, 15) is 14.4 Å². The average molecular weight is 378 g/mol. The minimum absolute atomic E-state index is 0.0808. The molecule has 7 heteroatoms. The van der Waals surface area contributed by atoms with E-state index in [1.807, 2.05) is 0 Å². The van der Waals surface area contributed by atoms with Gasteiger partial charge in [0, 0.05) is 18.3 Å². The third-order valence-electron chi connectivity index (χ3n) is 4.37. The van der Waals surface area contributed by atoms with Gasteiger partial charge in [0.2, 0.25) is 11.8 Å². The van der Waals surface area contributed by atoms with Crippen molar-refractivity contribution < 1.29 is 19.1 Å². The zero-order valence-corrected chi connectivity index (χ0v) is 16.4. The van der Waals surface area contributed by atoms with Crippen molar-refractivity contribution in [2.24, 2.45) is 5.92 Å². The predicted octanol–water partition coefficient (Wildman–Crippen LogP) is 3.02. The van der Waals surface area contributed by atoms with E-state index >= 15 is 0 Å². The molecule has 1 aliphatic carbocycles. The number of anilines is 1. The Morgan fingerprint density at radius 3 is 2.77 bits per heavy atom. The molecule has 1 atom stereocenters. The van der Waals surface area contributed by atoms with Gasteiger partial charge in [-0.25, -0.2) is 4.79 Å². The van der Waals surface area contributed by atoms with E-state index < -0.39 is 5.97 Å². The van der Waals surface area contributed by atoms with Gasteiger partial charge in [-0.2, -0.15) is 0 Å². The van der Waals surface area contributed by atoms with Gasteiger partial charge >= 0.3 is 5.97 Å². The van der Waals surface area contributed by atoms with Gasteiger partial charge in [0.1, 0.15) is 11.5 Å². The molecule has 1 aromatic rings. The summed E-state index contributed by atoms with van der Waals surface area (Å²) in [6.45, 7) is 9.45. The molecule has 0 spiro atoms. The molecule has 2 amide bonds.